The third-order valence-electron chi connectivity index (χ3n) is 2.51. The first-order valence-electron chi connectivity index (χ1n) is 5.60. The molecule has 18 heavy (non-hydrogen) atoms. The predicted octanol–water partition coefficient (Wildman–Crippen LogP) is 2.69. The van der Waals surface area contributed by atoms with Crippen molar-refractivity contribution in [3.63, 3.8) is 0 Å². The van der Waals surface area contributed by atoms with E-state index in [0.717, 1.165) is 15.9 Å². The van der Waals surface area contributed by atoms with Crippen LogP contribution in [0.5, 0.6) is 0 Å². The SMILES string of the molecule is N#Cc1ccc(/C=[N+](/[O-])Cc2ccccc2)cc1. The fraction of sp³-hybridized carbons (Fsp3) is 0.0667. The molecule has 0 bridgehead atoms. The fourth-order valence-electron chi connectivity index (χ4n) is 1.62. The molecule has 2 rings (SSSR count). The molecule has 0 unspecified atom stereocenters. The Balaban J connectivity index is 2.10. The zero-order valence-corrected chi connectivity index (χ0v) is 9.78. The van der Waals surface area contributed by atoms with E-state index in [1.165, 1.54) is 6.21 Å². The normalized spacial score (nSPS) is 10.9. The van der Waals surface area contributed by atoms with Gasteiger partial charge in [-0.05, 0) is 24.3 Å². The number of hydrogen-bond acceptors (Lipinski definition) is 2. The average molecular weight is 236 g/mol. The molecule has 0 spiro atoms. The molecule has 0 saturated heterocycles. The Morgan fingerprint density at radius 3 is 2.33 bits per heavy atom. The van der Waals surface area contributed by atoms with Gasteiger partial charge in [-0.25, -0.2) is 4.74 Å². The highest BCUT2D eigenvalue weighted by molar-refractivity contribution is 5.75. The summed E-state index contributed by atoms with van der Waals surface area (Å²) in [6.07, 6.45) is 1.52. The second-order valence-corrected chi connectivity index (χ2v) is 3.92. The maximum absolute atomic E-state index is 11.7. The van der Waals surface area contributed by atoms with Crippen molar-refractivity contribution in [3.8, 4) is 6.07 Å². The highest BCUT2D eigenvalue weighted by atomic mass is 16.5. The molecule has 0 fully saturated rings. The summed E-state index contributed by atoms with van der Waals surface area (Å²) in [6, 6.07) is 18.5. The van der Waals surface area contributed by atoms with E-state index in [2.05, 4.69) is 0 Å². The lowest BCUT2D eigenvalue weighted by Gasteiger charge is -2.03. The lowest BCUT2D eigenvalue weighted by atomic mass is 10.1. The monoisotopic (exact) mass is 236 g/mol. The molecule has 0 aromatic heterocycles. The van der Waals surface area contributed by atoms with Gasteiger partial charge in [0.25, 0.3) is 0 Å². The van der Waals surface area contributed by atoms with Gasteiger partial charge in [0.2, 0.25) is 0 Å². The van der Waals surface area contributed by atoms with Gasteiger partial charge in [-0.15, -0.1) is 0 Å². The molecule has 3 heteroatoms. The summed E-state index contributed by atoms with van der Waals surface area (Å²) < 4.78 is 0.886. The first-order valence-corrected chi connectivity index (χ1v) is 5.60. The van der Waals surface area contributed by atoms with Crippen molar-refractivity contribution in [3.05, 3.63) is 76.5 Å². The van der Waals surface area contributed by atoms with Crippen LogP contribution in [0.1, 0.15) is 16.7 Å². The van der Waals surface area contributed by atoms with Crippen molar-refractivity contribution < 1.29 is 4.74 Å². The second kappa shape index (κ2) is 5.65. The van der Waals surface area contributed by atoms with Crippen molar-refractivity contribution in [1.29, 1.82) is 5.26 Å². The van der Waals surface area contributed by atoms with E-state index in [-0.39, 0.29) is 0 Å². The largest absolute Gasteiger partial charge is 0.624 e. The number of hydrogen-bond donors (Lipinski definition) is 0. The number of hydroxylamine groups is 1. The minimum atomic E-state index is 0.320. The molecule has 0 N–H and O–H groups in total. The van der Waals surface area contributed by atoms with E-state index in [4.69, 9.17) is 5.26 Å². The van der Waals surface area contributed by atoms with Gasteiger partial charge in [0.15, 0.2) is 12.8 Å². The Morgan fingerprint density at radius 1 is 1.06 bits per heavy atom. The molecule has 0 heterocycles. The van der Waals surface area contributed by atoms with E-state index in [9.17, 15) is 5.21 Å². The van der Waals surface area contributed by atoms with Gasteiger partial charge in [-0.2, -0.15) is 5.26 Å². The third kappa shape index (κ3) is 3.19. The lowest BCUT2D eigenvalue weighted by Crippen LogP contribution is -2.05. The first-order chi connectivity index (χ1) is 8.78. The summed E-state index contributed by atoms with van der Waals surface area (Å²) in [7, 11) is 0. The summed E-state index contributed by atoms with van der Waals surface area (Å²) in [4.78, 5) is 0. The fourth-order valence-corrected chi connectivity index (χ4v) is 1.62. The van der Waals surface area contributed by atoms with E-state index in [1.807, 2.05) is 36.4 Å². The zero-order chi connectivity index (χ0) is 12.8. The minimum absolute atomic E-state index is 0.320. The Bertz CT molecular complexity index is 580. The molecule has 0 radical (unpaired) electrons. The number of rotatable bonds is 3. The van der Waals surface area contributed by atoms with Crippen LogP contribution in [-0.4, -0.2) is 11.0 Å². The number of nitriles is 1. The van der Waals surface area contributed by atoms with Crippen molar-refractivity contribution in [2.24, 2.45) is 0 Å². The van der Waals surface area contributed by atoms with E-state index in [1.54, 1.807) is 24.3 Å². The van der Waals surface area contributed by atoms with Crippen LogP contribution in [0.15, 0.2) is 54.6 Å². The maximum atomic E-state index is 11.7. The topological polar surface area (TPSA) is 49.9 Å². The Labute approximate surface area is 106 Å². The van der Waals surface area contributed by atoms with Gasteiger partial charge >= 0.3 is 0 Å². The van der Waals surface area contributed by atoms with Crippen molar-refractivity contribution >= 4 is 6.21 Å². The highest BCUT2D eigenvalue weighted by Crippen LogP contribution is 2.03. The van der Waals surface area contributed by atoms with Crippen LogP contribution >= 0.6 is 0 Å². The van der Waals surface area contributed by atoms with E-state index >= 15 is 0 Å². The summed E-state index contributed by atoms with van der Waals surface area (Å²) in [5.41, 5.74) is 2.35. The minimum Gasteiger partial charge on any atom is -0.624 e. The van der Waals surface area contributed by atoms with Crippen LogP contribution in [0.2, 0.25) is 0 Å². The van der Waals surface area contributed by atoms with Gasteiger partial charge < -0.3 is 5.21 Å². The number of benzene rings is 2. The Kier molecular flexibility index (Phi) is 3.72. The van der Waals surface area contributed by atoms with Gasteiger partial charge in [-0.1, -0.05) is 30.3 Å². The molecule has 2 aromatic rings. The zero-order valence-electron chi connectivity index (χ0n) is 9.78. The van der Waals surface area contributed by atoms with Gasteiger partial charge in [0.05, 0.1) is 11.6 Å². The summed E-state index contributed by atoms with van der Waals surface area (Å²) in [5.74, 6) is 0. The third-order valence-corrected chi connectivity index (χ3v) is 2.51. The lowest BCUT2D eigenvalue weighted by molar-refractivity contribution is -0.469. The molecule has 0 amide bonds. The molecule has 0 atom stereocenters. The molecule has 2 aromatic carbocycles. The maximum Gasteiger partial charge on any atom is 0.182 e. The molecule has 0 aliphatic carbocycles. The molecular weight excluding hydrogens is 224 g/mol. The summed E-state index contributed by atoms with van der Waals surface area (Å²) in [6.45, 7) is 0.320. The van der Waals surface area contributed by atoms with Crippen molar-refractivity contribution in [1.82, 2.24) is 0 Å². The molecular formula is C15H12N2O. The average Bonchev–Trinajstić information content (AvgIpc) is 2.40. The first kappa shape index (κ1) is 11.9. The standard InChI is InChI=1S/C15H12N2O/c16-10-13-6-8-15(9-7-13)12-17(18)11-14-4-2-1-3-5-14/h1-9,12H,11H2/b17-12+. The summed E-state index contributed by atoms with van der Waals surface area (Å²) in [5, 5.41) is 20.4. The Morgan fingerprint density at radius 2 is 1.72 bits per heavy atom. The van der Waals surface area contributed by atoms with Crippen LogP contribution in [0, 0.1) is 16.5 Å². The molecule has 3 nitrogen and oxygen atoms in total. The smallest absolute Gasteiger partial charge is 0.182 e. The second-order valence-electron chi connectivity index (χ2n) is 3.92. The predicted molar refractivity (Wildman–Crippen MR) is 70.1 cm³/mol. The molecule has 0 saturated carbocycles. The van der Waals surface area contributed by atoms with Crippen LogP contribution in [-0.2, 0) is 6.54 Å². The highest BCUT2D eigenvalue weighted by Gasteiger charge is 1.99. The van der Waals surface area contributed by atoms with Crippen molar-refractivity contribution in [2.45, 2.75) is 6.54 Å². The molecule has 0 aliphatic heterocycles. The Hall–Kier alpha value is -2.60. The molecule has 88 valence electrons. The number of nitrogens with zero attached hydrogens (tertiary/aromatic N) is 2. The van der Waals surface area contributed by atoms with Gasteiger partial charge in [-0.3, -0.25) is 0 Å². The summed E-state index contributed by atoms with van der Waals surface area (Å²) >= 11 is 0. The van der Waals surface area contributed by atoms with E-state index < -0.39 is 0 Å². The quantitative estimate of drug-likeness (QED) is 0.356. The molecule has 0 aliphatic rings. The van der Waals surface area contributed by atoms with Gasteiger partial charge in [0, 0.05) is 11.1 Å². The van der Waals surface area contributed by atoms with Crippen LogP contribution in [0.25, 0.3) is 0 Å². The van der Waals surface area contributed by atoms with Crippen LogP contribution in [0.4, 0.5) is 0 Å². The van der Waals surface area contributed by atoms with Crippen LogP contribution in [0.3, 0.4) is 0 Å². The van der Waals surface area contributed by atoms with E-state index in [0.29, 0.717) is 12.1 Å². The van der Waals surface area contributed by atoms with Crippen molar-refractivity contribution in [2.75, 3.05) is 0 Å². The van der Waals surface area contributed by atoms with Gasteiger partial charge in [0.1, 0.15) is 0 Å². The van der Waals surface area contributed by atoms with Crippen LogP contribution < -0.4 is 0 Å².